The number of nitrogens with zero attached hydrogens (tertiary/aromatic N) is 4. The topological polar surface area (TPSA) is 32.3 Å². The Labute approximate surface area is 474 Å². The zero-order valence-electron chi connectivity index (χ0n) is 44.7. The Hall–Kier alpha value is -10.9. The average molecular weight is 1040 g/mol. The predicted octanol–water partition coefficient (Wildman–Crippen LogP) is 21.6. The minimum atomic E-state index is 0.950. The van der Waals surface area contributed by atoms with E-state index in [9.17, 15) is 0 Å². The monoisotopic (exact) mass is 1040 g/mol. The van der Waals surface area contributed by atoms with Crippen LogP contribution in [0.25, 0.3) is 120 Å². The second kappa shape index (κ2) is 19.5. The number of para-hydroxylation sites is 4. The summed E-state index contributed by atoms with van der Waals surface area (Å²) >= 11 is 0. The van der Waals surface area contributed by atoms with Gasteiger partial charge in [-0.3, -0.25) is 9.97 Å². The van der Waals surface area contributed by atoms with Crippen LogP contribution in [0.1, 0.15) is 0 Å². The number of benzene rings is 14. The minimum Gasteiger partial charge on any atom is -0.309 e. The molecule has 16 rings (SSSR count). The maximum absolute atomic E-state index is 5.41. The van der Waals surface area contributed by atoms with Crippen LogP contribution in [0.4, 0.5) is 34.1 Å². The summed E-state index contributed by atoms with van der Waals surface area (Å²) in [5, 5.41) is 16.1. The molecule has 4 heteroatoms. The average Bonchev–Trinajstić information content (AvgIpc) is 2.69. The van der Waals surface area contributed by atoms with Gasteiger partial charge in [-0.25, -0.2) is 0 Å². The van der Waals surface area contributed by atoms with Gasteiger partial charge >= 0.3 is 0 Å². The van der Waals surface area contributed by atoms with E-state index in [-0.39, 0.29) is 0 Å². The fraction of sp³-hybridized carbons (Fsp3) is 0. The van der Waals surface area contributed by atoms with E-state index < -0.39 is 0 Å². The van der Waals surface area contributed by atoms with Crippen LogP contribution in [0, 0.1) is 0 Å². The summed E-state index contributed by atoms with van der Waals surface area (Å²) in [5.41, 5.74) is 15.4. The molecule has 382 valence electrons. The quantitative estimate of drug-likeness (QED) is 0.135. The molecule has 82 heavy (non-hydrogen) atoms. The smallest absolute Gasteiger partial charge is 0.0808 e. The maximum Gasteiger partial charge on any atom is 0.0808 e. The van der Waals surface area contributed by atoms with E-state index >= 15 is 0 Å². The van der Waals surface area contributed by atoms with Crippen molar-refractivity contribution in [3.8, 4) is 33.4 Å². The summed E-state index contributed by atoms with van der Waals surface area (Å²) in [7, 11) is 0. The molecule has 16 aromatic rings. The highest BCUT2D eigenvalue weighted by molar-refractivity contribution is 6.35. The summed E-state index contributed by atoms with van der Waals surface area (Å²) in [5.74, 6) is 0. The van der Waals surface area contributed by atoms with E-state index in [1.165, 1.54) is 65.3 Å². The van der Waals surface area contributed by atoms with Crippen molar-refractivity contribution < 1.29 is 0 Å². The van der Waals surface area contributed by atoms with Gasteiger partial charge in [-0.05, 0) is 138 Å². The molecule has 0 aliphatic carbocycles. The molecule has 0 saturated heterocycles. The molecule has 0 atom stereocenters. The van der Waals surface area contributed by atoms with Crippen LogP contribution in [-0.2, 0) is 0 Å². The summed E-state index contributed by atoms with van der Waals surface area (Å²) in [4.78, 5) is 15.6. The number of hydrogen-bond acceptors (Lipinski definition) is 4. The van der Waals surface area contributed by atoms with E-state index in [0.717, 1.165) is 88.6 Å². The third-order valence-corrected chi connectivity index (χ3v) is 16.6. The molecule has 4 nitrogen and oxygen atoms in total. The summed E-state index contributed by atoms with van der Waals surface area (Å²) in [6.07, 6.45) is 3.91. The van der Waals surface area contributed by atoms with Crippen molar-refractivity contribution in [2.45, 2.75) is 0 Å². The molecule has 0 aliphatic rings. The van der Waals surface area contributed by atoms with E-state index in [0.29, 0.717) is 0 Å². The molecule has 14 aromatic carbocycles. The van der Waals surface area contributed by atoms with E-state index in [4.69, 9.17) is 9.97 Å². The highest BCUT2D eigenvalue weighted by atomic mass is 15.2. The van der Waals surface area contributed by atoms with Crippen molar-refractivity contribution in [2.24, 2.45) is 0 Å². The molecule has 0 amide bonds. The van der Waals surface area contributed by atoms with Crippen molar-refractivity contribution in [3.05, 3.63) is 304 Å². The van der Waals surface area contributed by atoms with Crippen molar-refractivity contribution in [1.82, 2.24) is 9.97 Å². The van der Waals surface area contributed by atoms with Gasteiger partial charge in [0.05, 0.1) is 22.4 Å². The molecule has 0 saturated carbocycles. The SMILES string of the molecule is c1ccc(N(c2ccccc2)c2c3ccccc3c(-c3c4ccccc4c(-c4c5ccccc5c(-c5c6ccccc6c(N(c6ccccc6)c6ccccc6)c6cccnc56)c5ccccc45)c4ccccc34)c3ncccc23)cc1. The van der Waals surface area contributed by atoms with Crippen LogP contribution in [0.3, 0.4) is 0 Å². The van der Waals surface area contributed by atoms with Crippen LogP contribution in [0.2, 0.25) is 0 Å². The highest BCUT2D eigenvalue weighted by Crippen LogP contribution is 2.56. The molecule has 0 radical (unpaired) electrons. The minimum absolute atomic E-state index is 0.950. The molecular formula is C78H50N4. The van der Waals surface area contributed by atoms with E-state index in [2.05, 4.69) is 301 Å². The van der Waals surface area contributed by atoms with E-state index in [1.807, 2.05) is 12.4 Å². The molecule has 0 bridgehead atoms. The van der Waals surface area contributed by atoms with Gasteiger partial charge in [0, 0.05) is 78.9 Å². The Morgan fingerprint density at radius 1 is 0.171 bits per heavy atom. The number of anilines is 6. The largest absolute Gasteiger partial charge is 0.309 e. The first-order valence-corrected chi connectivity index (χ1v) is 28.1. The Bertz CT molecular complexity index is 4530. The van der Waals surface area contributed by atoms with E-state index in [1.54, 1.807) is 0 Å². The third kappa shape index (κ3) is 7.32. The first kappa shape index (κ1) is 47.1. The highest BCUT2D eigenvalue weighted by Gasteiger charge is 2.29. The zero-order chi connectivity index (χ0) is 54.1. The number of aromatic nitrogens is 2. The maximum atomic E-state index is 5.41. The molecule has 2 aromatic heterocycles. The van der Waals surface area contributed by atoms with Gasteiger partial charge in [-0.2, -0.15) is 0 Å². The molecule has 2 heterocycles. The summed E-state index contributed by atoms with van der Waals surface area (Å²) < 4.78 is 0. The summed E-state index contributed by atoms with van der Waals surface area (Å²) in [6, 6.07) is 106. The molecule has 0 unspecified atom stereocenters. The van der Waals surface area contributed by atoms with Crippen LogP contribution >= 0.6 is 0 Å². The molecular weight excluding hydrogens is 993 g/mol. The predicted molar refractivity (Wildman–Crippen MR) is 348 cm³/mol. The van der Waals surface area contributed by atoms with Crippen LogP contribution < -0.4 is 9.80 Å². The van der Waals surface area contributed by atoms with Crippen molar-refractivity contribution >= 4 is 121 Å². The second-order valence-corrected chi connectivity index (χ2v) is 21.0. The first-order chi connectivity index (χ1) is 40.8. The lowest BCUT2D eigenvalue weighted by molar-refractivity contribution is 1.30. The van der Waals surface area contributed by atoms with Crippen LogP contribution in [-0.4, -0.2) is 9.97 Å². The molecule has 0 spiro atoms. The Morgan fingerprint density at radius 2 is 0.366 bits per heavy atom. The van der Waals surface area contributed by atoms with Crippen molar-refractivity contribution in [3.63, 3.8) is 0 Å². The number of pyridine rings is 2. The number of hydrogen-bond donors (Lipinski definition) is 0. The molecule has 0 fully saturated rings. The normalized spacial score (nSPS) is 11.7. The Kier molecular flexibility index (Phi) is 11.2. The van der Waals surface area contributed by atoms with Crippen molar-refractivity contribution in [1.29, 1.82) is 0 Å². The fourth-order valence-corrected chi connectivity index (χ4v) is 13.4. The van der Waals surface area contributed by atoms with Gasteiger partial charge in [0.15, 0.2) is 0 Å². The lowest BCUT2D eigenvalue weighted by atomic mass is 9.79. The van der Waals surface area contributed by atoms with Crippen LogP contribution in [0.15, 0.2) is 304 Å². The fourth-order valence-electron chi connectivity index (χ4n) is 13.4. The molecule has 0 N–H and O–H groups in total. The second-order valence-electron chi connectivity index (χ2n) is 21.0. The van der Waals surface area contributed by atoms with Gasteiger partial charge in [0.25, 0.3) is 0 Å². The zero-order valence-corrected chi connectivity index (χ0v) is 44.7. The third-order valence-electron chi connectivity index (χ3n) is 16.6. The Morgan fingerprint density at radius 3 is 0.622 bits per heavy atom. The van der Waals surface area contributed by atoms with Crippen molar-refractivity contribution in [2.75, 3.05) is 9.80 Å². The van der Waals surface area contributed by atoms with Crippen LogP contribution in [0.5, 0.6) is 0 Å². The van der Waals surface area contributed by atoms with Gasteiger partial charge in [-0.1, -0.05) is 218 Å². The van der Waals surface area contributed by atoms with Gasteiger partial charge < -0.3 is 9.80 Å². The van der Waals surface area contributed by atoms with Gasteiger partial charge in [0.2, 0.25) is 0 Å². The number of fused-ring (bicyclic) bond motifs is 8. The Balaban J connectivity index is 0.999. The first-order valence-electron chi connectivity index (χ1n) is 28.1. The summed E-state index contributed by atoms with van der Waals surface area (Å²) in [6.45, 7) is 0. The number of rotatable bonds is 9. The lowest BCUT2D eigenvalue weighted by Gasteiger charge is -2.30. The standard InChI is InChI=1S/C78H50N4/c1-5-27-51(28-6-1)81(52-29-7-2-8-30-52)77-65-45-23-21-43-63(65)73(75-67(77)47-25-49-79-75)71-59-39-17-13-35-55(59)69(56-36-14-18-40-60(56)71)70-57-37-15-19-41-61(57)72(62-42-20-16-38-58(62)70)74-64-44-22-24-46-66(64)78(68-48-26-50-80-76(68)74)82(53-31-9-3-10-32-53)54-33-11-4-12-34-54/h1-50H. The lowest BCUT2D eigenvalue weighted by Crippen LogP contribution is -2.11. The molecule has 0 aliphatic heterocycles. The van der Waals surface area contributed by atoms with Gasteiger partial charge in [-0.15, -0.1) is 0 Å². The van der Waals surface area contributed by atoms with Gasteiger partial charge in [0.1, 0.15) is 0 Å².